The monoisotopic (exact) mass is 403 g/mol. The van der Waals surface area contributed by atoms with Crippen LogP contribution in [0.3, 0.4) is 0 Å². The Morgan fingerprint density at radius 3 is 2.44 bits per heavy atom. The molecule has 140 valence electrons. The van der Waals surface area contributed by atoms with Crippen molar-refractivity contribution < 1.29 is 19.2 Å². The van der Waals surface area contributed by atoms with E-state index in [2.05, 4.69) is 5.16 Å². The Balaban J connectivity index is 1.82. The van der Waals surface area contributed by atoms with Gasteiger partial charge in [0.2, 0.25) is 0 Å². The zero-order chi connectivity index (χ0) is 19.4. The van der Waals surface area contributed by atoms with Crippen LogP contribution in [0.5, 0.6) is 0 Å². The van der Waals surface area contributed by atoms with E-state index in [0.717, 1.165) is 4.90 Å². The lowest BCUT2D eigenvalue weighted by molar-refractivity contribution is -0.148. The quantitative estimate of drug-likeness (QED) is 0.250. The molecule has 0 bridgehead atoms. The smallest absolute Gasteiger partial charge is 0.357 e. The van der Waals surface area contributed by atoms with Crippen LogP contribution in [0, 0.1) is 0 Å². The molecule has 0 saturated heterocycles. The minimum Gasteiger partial charge on any atom is -0.380 e. The van der Waals surface area contributed by atoms with Crippen molar-refractivity contribution in [2.24, 2.45) is 10.9 Å². The fourth-order valence-corrected chi connectivity index (χ4v) is 3.77. The summed E-state index contributed by atoms with van der Waals surface area (Å²) < 4.78 is 0. The third-order valence-corrected chi connectivity index (χ3v) is 5.55. The summed E-state index contributed by atoms with van der Waals surface area (Å²) in [6, 6.07) is 8.96. The molecule has 9 heteroatoms. The second-order valence-electron chi connectivity index (χ2n) is 5.69. The van der Waals surface area contributed by atoms with Crippen LogP contribution < -0.4 is 5.73 Å². The molecule has 27 heavy (non-hydrogen) atoms. The van der Waals surface area contributed by atoms with Gasteiger partial charge in [-0.2, -0.15) is 11.8 Å². The van der Waals surface area contributed by atoms with Crippen molar-refractivity contribution in [2.75, 3.05) is 12.0 Å². The van der Waals surface area contributed by atoms with Crippen molar-refractivity contribution in [3.63, 3.8) is 0 Å². The molecule has 1 aliphatic heterocycles. The summed E-state index contributed by atoms with van der Waals surface area (Å²) in [4.78, 5) is 44.5. The highest BCUT2D eigenvalue weighted by molar-refractivity contribution is 7.98. The third kappa shape index (κ3) is 3.88. The van der Waals surface area contributed by atoms with Crippen molar-refractivity contribution in [1.82, 2.24) is 4.90 Å². The van der Waals surface area contributed by atoms with Crippen LogP contribution in [0.4, 0.5) is 0 Å². The first-order valence-corrected chi connectivity index (χ1v) is 10.4. The number of thiophene rings is 1. The van der Waals surface area contributed by atoms with Gasteiger partial charge < -0.3 is 10.6 Å². The predicted molar refractivity (Wildman–Crippen MR) is 105 cm³/mol. The zero-order valence-corrected chi connectivity index (χ0v) is 16.1. The molecule has 3 rings (SSSR count). The maximum Gasteiger partial charge on any atom is 0.357 e. The number of amidine groups is 1. The molecule has 0 unspecified atom stereocenters. The van der Waals surface area contributed by atoms with Crippen LogP contribution in [0.1, 0.15) is 32.0 Å². The van der Waals surface area contributed by atoms with Gasteiger partial charge in [-0.25, -0.2) is 4.79 Å². The van der Waals surface area contributed by atoms with E-state index < -0.39 is 23.8 Å². The van der Waals surface area contributed by atoms with Gasteiger partial charge in [0.1, 0.15) is 6.04 Å². The molecule has 1 aliphatic rings. The maximum atomic E-state index is 12.7. The van der Waals surface area contributed by atoms with E-state index in [0.29, 0.717) is 10.6 Å². The standard InChI is InChI=1S/C18H17N3O4S2/c1-26-10-8-13(18(24)25-20-15(19)14-7-4-9-27-14)21-16(22)11-5-2-3-6-12(11)17(21)23/h2-7,9,13H,8,10H2,1H3,(H2,19,20)/t13-/m1/s1. The van der Waals surface area contributed by atoms with Crippen LogP contribution in [0.2, 0.25) is 0 Å². The van der Waals surface area contributed by atoms with Crippen LogP contribution >= 0.6 is 23.1 Å². The number of carbonyl (C=O) groups excluding carboxylic acids is 3. The minimum absolute atomic E-state index is 0.0596. The number of rotatable bonds is 7. The normalized spacial score (nSPS) is 15.0. The molecule has 7 nitrogen and oxygen atoms in total. The van der Waals surface area contributed by atoms with Gasteiger partial charge in [-0.1, -0.05) is 23.4 Å². The van der Waals surface area contributed by atoms with Crippen LogP contribution in [-0.4, -0.2) is 46.6 Å². The first-order valence-electron chi connectivity index (χ1n) is 8.08. The van der Waals surface area contributed by atoms with Gasteiger partial charge in [-0.3, -0.25) is 14.5 Å². The van der Waals surface area contributed by atoms with Gasteiger partial charge in [0.15, 0.2) is 5.84 Å². The number of hydrogen-bond acceptors (Lipinski definition) is 7. The van der Waals surface area contributed by atoms with E-state index in [1.807, 2.05) is 11.6 Å². The Hall–Kier alpha value is -2.65. The number of thioether (sulfide) groups is 1. The molecule has 0 saturated carbocycles. The molecule has 1 atom stereocenters. The first kappa shape index (κ1) is 19.1. The number of amides is 2. The fourth-order valence-electron chi connectivity index (χ4n) is 2.70. The van der Waals surface area contributed by atoms with Gasteiger partial charge in [0.05, 0.1) is 16.0 Å². The number of imide groups is 1. The summed E-state index contributed by atoms with van der Waals surface area (Å²) in [5.74, 6) is -1.18. The molecule has 1 aromatic carbocycles. The van der Waals surface area contributed by atoms with Gasteiger partial charge >= 0.3 is 5.97 Å². The third-order valence-electron chi connectivity index (χ3n) is 4.01. The van der Waals surface area contributed by atoms with E-state index in [1.54, 1.807) is 36.4 Å². The van der Waals surface area contributed by atoms with E-state index in [-0.39, 0.29) is 23.4 Å². The highest BCUT2D eigenvalue weighted by Gasteiger charge is 2.43. The van der Waals surface area contributed by atoms with Crippen molar-refractivity contribution in [3.8, 4) is 0 Å². The van der Waals surface area contributed by atoms with Crippen molar-refractivity contribution in [2.45, 2.75) is 12.5 Å². The topological polar surface area (TPSA) is 102 Å². The molecule has 0 aliphatic carbocycles. The van der Waals surface area contributed by atoms with Gasteiger partial charge in [-0.15, -0.1) is 11.3 Å². The molecule has 2 N–H and O–H groups in total. The summed E-state index contributed by atoms with van der Waals surface area (Å²) in [6.07, 6.45) is 2.14. The van der Waals surface area contributed by atoms with E-state index in [1.165, 1.54) is 23.1 Å². The van der Waals surface area contributed by atoms with Crippen molar-refractivity contribution in [3.05, 3.63) is 57.8 Å². The SMILES string of the molecule is CSCC[C@H](C(=O)O/N=C(/N)c1cccs1)N1C(=O)c2ccccc2C1=O. The number of benzene rings is 1. The Kier molecular flexibility index (Phi) is 5.92. The average molecular weight is 403 g/mol. The van der Waals surface area contributed by atoms with E-state index in [9.17, 15) is 14.4 Å². The number of nitrogens with two attached hydrogens (primary N) is 1. The van der Waals surface area contributed by atoms with E-state index in [4.69, 9.17) is 10.6 Å². The second-order valence-corrected chi connectivity index (χ2v) is 7.62. The Labute approximate surface area is 164 Å². The summed E-state index contributed by atoms with van der Waals surface area (Å²) >= 11 is 2.85. The van der Waals surface area contributed by atoms with Gasteiger partial charge in [0.25, 0.3) is 11.8 Å². The Morgan fingerprint density at radius 1 is 1.22 bits per heavy atom. The summed E-state index contributed by atoms with van der Waals surface area (Å²) in [7, 11) is 0. The lowest BCUT2D eigenvalue weighted by Crippen LogP contribution is -2.45. The van der Waals surface area contributed by atoms with Crippen LogP contribution in [0.25, 0.3) is 0 Å². The highest BCUT2D eigenvalue weighted by Crippen LogP contribution is 2.26. The molecule has 1 aromatic heterocycles. The Bertz CT molecular complexity index is 861. The Morgan fingerprint density at radius 2 is 1.89 bits per heavy atom. The summed E-state index contributed by atoms with van der Waals surface area (Å²) in [5.41, 5.74) is 6.36. The predicted octanol–water partition coefficient (Wildman–Crippen LogP) is 2.33. The number of hydrogen-bond donors (Lipinski definition) is 1. The number of carbonyl (C=O) groups is 3. The lowest BCUT2D eigenvalue weighted by Gasteiger charge is -2.23. The van der Waals surface area contributed by atoms with Crippen molar-refractivity contribution in [1.29, 1.82) is 0 Å². The molecule has 2 amide bonds. The van der Waals surface area contributed by atoms with Crippen LogP contribution in [-0.2, 0) is 9.63 Å². The summed E-state index contributed by atoms with van der Waals surface area (Å²) in [5, 5.41) is 5.48. The number of fused-ring (bicyclic) bond motifs is 1. The first-order chi connectivity index (χ1) is 13.0. The molecule has 0 radical (unpaired) electrons. The minimum atomic E-state index is -1.07. The van der Waals surface area contributed by atoms with Gasteiger partial charge in [0, 0.05) is 0 Å². The second kappa shape index (κ2) is 8.36. The molecule has 0 fully saturated rings. The zero-order valence-electron chi connectivity index (χ0n) is 14.5. The van der Waals surface area contributed by atoms with E-state index >= 15 is 0 Å². The highest BCUT2D eigenvalue weighted by atomic mass is 32.2. The molecule has 0 spiro atoms. The van der Waals surface area contributed by atoms with Gasteiger partial charge in [-0.05, 0) is 42.0 Å². The number of nitrogens with zero attached hydrogens (tertiary/aromatic N) is 2. The summed E-state index contributed by atoms with van der Waals surface area (Å²) in [6.45, 7) is 0. The molecular weight excluding hydrogens is 386 g/mol. The van der Waals surface area contributed by atoms with Crippen LogP contribution in [0.15, 0.2) is 46.9 Å². The van der Waals surface area contributed by atoms with Crippen molar-refractivity contribution >= 4 is 46.7 Å². The largest absolute Gasteiger partial charge is 0.380 e. The lowest BCUT2D eigenvalue weighted by atomic mass is 10.1. The molecule has 2 aromatic rings. The fraction of sp³-hybridized carbons (Fsp3) is 0.222. The average Bonchev–Trinajstić information content (AvgIpc) is 3.30. The molecular formula is C18H17N3O4S2. The number of oxime groups is 1. The maximum absolute atomic E-state index is 12.7. The molecule has 2 heterocycles.